The Morgan fingerprint density at radius 1 is 1.37 bits per heavy atom. The van der Waals surface area contributed by atoms with Crippen LogP contribution in [0.5, 0.6) is 5.75 Å². The van der Waals surface area contributed by atoms with E-state index in [-0.39, 0.29) is 11.9 Å². The molecule has 0 aromatic heterocycles. The standard InChI is InChI=1S/C15H23FN2O/c1-3-4-14(18-9-7-17-8-10-18)13-11-12(16)5-6-15(13)19-2/h5-6,11,14,17H,3-4,7-10H2,1-2H3/t14-/m1/s1. The van der Waals surface area contributed by atoms with E-state index in [1.807, 2.05) is 0 Å². The molecule has 19 heavy (non-hydrogen) atoms. The second kappa shape index (κ2) is 6.87. The van der Waals surface area contributed by atoms with Gasteiger partial charge in [-0.25, -0.2) is 4.39 Å². The largest absolute Gasteiger partial charge is 0.496 e. The smallest absolute Gasteiger partial charge is 0.123 e. The molecule has 1 aliphatic heterocycles. The van der Waals surface area contributed by atoms with Crippen molar-refractivity contribution in [2.75, 3.05) is 33.3 Å². The molecule has 1 aromatic carbocycles. The highest BCUT2D eigenvalue weighted by atomic mass is 19.1. The van der Waals surface area contributed by atoms with Crippen molar-refractivity contribution in [3.63, 3.8) is 0 Å². The quantitative estimate of drug-likeness (QED) is 0.886. The fraction of sp³-hybridized carbons (Fsp3) is 0.600. The molecule has 1 fully saturated rings. The maximum Gasteiger partial charge on any atom is 0.123 e. The van der Waals surface area contributed by atoms with Gasteiger partial charge in [0.15, 0.2) is 0 Å². The molecule has 1 aliphatic rings. The summed E-state index contributed by atoms with van der Waals surface area (Å²) in [6.45, 7) is 6.17. The van der Waals surface area contributed by atoms with Gasteiger partial charge in [-0.1, -0.05) is 13.3 Å². The Kier molecular flexibility index (Phi) is 5.16. The summed E-state index contributed by atoms with van der Waals surface area (Å²) in [5.41, 5.74) is 0.978. The predicted molar refractivity (Wildman–Crippen MR) is 75.0 cm³/mol. The lowest BCUT2D eigenvalue weighted by atomic mass is 9.98. The maximum absolute atomic E-state index is 13.6. The Morgan fingerprint density at radius 2 is 2.11 bits per heavy atom. The predicted octanol–water partition coefficient (Wildman–Crippen LogP) is 2.58. The summed E-state index contributed by atoms with van der Waals surface area (Å²) >= 11 is 0. The first-order valence-corrected chi connectivity index (χ1v) is 7.04. The Morgan fingerprint density at radius 3 is 2.74 bits per heavy atom. The lowest BCUT2D eigenvalue weighted by Gasteiger charge is -2.35. The zero-order chi connectivity index (χ0) is 13.7. The van der Waals surface area contributed by atoms with Crippen molar-refractivity contribution in [2.45, 2.75) is 25.8 Å². The normalized spacial score (nSPS) is 18.3. The van der Waals surface area contributed by atoms with Gasteiger partial charge in [0.1, 0.15) is 11.6 Å². The minimum Gasteiger partial charge on any atom is -0.496 e. The van der Waals surface area contributed by atoms with Gasteiger partial charge in [0, 0.05) is 37.8 Å². The third kappa shape index (κ3) is 3.45. The topological polar surface area (TPSA) is 24.5 Å². The summed E-state index contributed by atoms with van der Waals surface area (Å²) in [4.78, 5) is 2.43. The molecule has 1 atom stereocenters. The van der Waals surface area contributed by atoms with E-state index in [9.17, 15) is 4.39 Å². The van der Waals surface area contributed by atoms with Crippen LogP contribution >= 0.6 is 0 Å². The van der Waals surface area contributed by atoms with Crippen LogP contribution in [0.25, 0.3) is 0 Å². The van der Waals surface area contributed by atoms with Crippen molar-refractivity contribution in [3.8, 4) is 5.75 Å². The van der Waals surface area contributed by atoms with E-state index in [0.717, 1.165) is 50.3 Å². The van der Waals surface area contributed by atoms with E-state index in [4.69, 9.17) is 4.74 Å². The van der Waals surface area contributed by atoms with Gasteiger partial charge in [-0.15, -0.1) is 0 Å². The van der Waals surface area contributed by atoms with Crippen molar-refractivity contribution < 1.29 is 9.13 Å². The molecule has 0 bridgehead atoms. The first kappa shape index (κ1) is 14.3. The molecule has 4 heteroatoms. The minimum absolute atomic E-state index is 0.188. The Bertz CT molecular complexity index is 405. The first-order valence-electron chi connectivity index (χ1n) is 7.04. The summed E-state index contributed by atoms with van der Waals surface area (Å²) in [6.07, 6.45) is 2.11. The second-order valence-corrected chi connectivity index (χ2v) is 4.98. The molecule has 0 spiro atoms. The van der Waals surface area contributed by atoms with Crippen LogP contribution in [0.2, 0.25) is 0 Å². The Labute approximate surface area is 114 Å². The molecule has 1 N–H and O–H groups in total. The number of piperazine rings is 1. The summed E-state index contributed by atoms with van der Waals surface area (Å²) in [5.74, 6) is 0.602. The SMILES string of the molecule is CCC[C@H](c1cc(F)ccc1OC)N1CCNCC1. The lowest BCUT2D eigenvalue weighted by Crippen LogP contribution is -2.45. The average Bonchev–Trinajstić information content (AvgIpc) is 2.45. The van der Waals surface area contributed by atoms with Gasteiger partial charge >= 0.3 is 0 Å². The summed E-state index contributed by atoms with van der Waals surface area (Å²) in [5, 5.41) is 3.36. The summed E-state index contributed by atoms with van der Waals surface area (Å²) < 4.78 is 19.0. The molecular weight excluding hydrogens is 243 g/mol. The maximum atomic E-state index is 13.6. The fourth-order valence-corrected chi connectivity index (χ4v) is 2.77. The van der Waals surface area contributed by atoms with Crippen molar-refractivity contribution in [3.05, 3.63) is 29.6 Å². The van der Waals surface area contributed by atoms with Crippen LogP contribution in [0.15, 0.2) is 18.2 Å². The molecule has 0 amide bonds. The Balaban J connectivity index is 2.28. The Hall–Kier alpha value is -1.13. The van der Waals surface area contributed by atoms with E-state index >= 15 is 0 Å². The average molecular weight is 266 g/mol. The number of hydrogen-bond donors (Lipinski definition) is 1. The number of halogens is 1. The van der Waals surface area contributed by atoms with Crippen LogP contribution in [0.3, 0.4) is 0 Å². The molecule has 0 aliphatic carbocycles. The van der Waals surface area contributed by atoms with E-state index in [1.165, 1.54) is 6.07 Å². The molecule has 3 nitrogen and oxygen atoms in total. The van der Waals surface area contributed by atoms with Crippen LogP contribution in [0.1, 0.15) is 31.4 Å². The van der Waals surface area contributed by atoms with Crippen LogP contribution in [0.4, 0.5) is 4.39 Å². The van der Waals surface area contributed by atoms with Crippen LogP contribution in [-0.2, 0) is 0 Å². The third-order valence-corrected chi connectivity index (χ3v) is 3.71. The first-order chi connectivity index (χ1) is 9.26. The van der Waals surface area contributed by atoms with E-state index in [1.54, 1.807) is 19.2 Å². The van der Waals surface area contributed by atoms with Crippen LogP contribution in [-0.4, -0.2) is 38.2 Å². The number of ether oxygens (including phenoxy) is 1. The minimum atomic E-state index is -0.188. The highest BCUT2D eigenvalue weighted by Gasteiger charge is 2.24. The molecule has 1 heterocycles. The molecule has 1 aromatic rings. The number of rotatable bonds is 5. The second-order valence-electron chi connectivity index (χ2n) is 4.98. The molecule has 1 saturated heterocycles. The van der Waals surface area contributed by atoms with Gasteiger partial charge in [-0.2, -0.15) is 0 Å². The van der Waals surface area contributed by atoms with E-state index in [0.29, 0.717) is 0 Å². The lowest BCUT2D eigenvalue weighted by molar-refractivity contribution is 0.161. The zero-order valence-corrected chi connectivity index (χ0v) is 11.8. The highest BCUT2D eigenvalue weighted by Crippen LogP contribution is 2.33. The summed E-state index contributed by atoms with van der Waals surface area (Å²) in [7, 11) is 1.65. The molecule has 2 rings (SSSR count). The number of hydrogen-bond acceptors (Lipinski definition) is 3. The van der Waals surface area contributed by atoms with Gasteiger partial charge < -0.3 is 10.1 Å². The number of nitrogens with one attached hydrogen (secondary N) is 1. The van der Waals surface area contributed by atoms with Gasteiger partial charge in [0.05, 0.1) is 7.11 Å². The number of nitrogens with zero attached hydrogens (tertiary/aromatic N) is 1. The number of benzene rings is 1. The third-order valence-electron chi connectivity index (χ3n) is 3.71. The van der Waals surface area contributed by atoms with E-state index in [2.05, 4.69) is 17.1 Å². The zero-order valence-electron chi connectivity index (χ0n) is 11.8. The monoisotopic (exact) mass is 266 g/mol. The highest BCUT2D eigenvalue weighted by molar-refractivity contribution is 5.36. The van der Waals surface area contributed by atoms with Crippen molar-refractivity contribution >= 4 is 0 Å². The molecule has 0 saturated carbocycles. The van der Waals surface area contributed by atoms with Crippen LogP contribution in [0, 0.1) is 5.82 Å². The summed E-state index contributed by atoms with van der Waals surface area (Å²) in [6, 6.07) is 5.07. The van der Waals surface area contributed by atoms with Gasteiger partial charge in [-0.3, -0.25) is 4.90 Å². The number of methoxy groups -OCH3 is 1. The van der Waals surface area contributed by atoms with E-state index < -0.39 is 0 Å². The van der Waals surface area contributed by atoms with Gasteiger partial charge in [0.25, 0.3) is 0 Å². The molecule has 0 radical (unpaired) electrons. The molecule has 106 valence electrons. The molecule has 0 unspecified atom stereocenters. The fourth-order valence-electron chi connectivity index (χ4n) is 2.77. The van der Waals surface area contributed by atoms with Crippen molar-refractivity contribution in [1.82, 2.24) is 10.2 Å². The van der Waals surface area contributed by atoms with Crippen LogP contribution < -0.4 is 10.1 Å². The van der Waals surface area contributed by atoms with Crippen molar-refractivity contribution in [1.29, 1.82) is 0 Å². The van der Waals surface area contributed by atoms with Crippen molar-refractivity contribution in [2.24, 2.45) is 0 Å². The van der Waals surface area contributed by atoms with Gasteiger partial charge in [0.2, 0.25) is 0 Å². The molecular formula is C15H23FN2O. The van der Waals surface area contributed by atoms with Gasteiger partial charge in [-0.05, 0) is 24.6 Å².